The number of ether oxygens (including phenoxy) is 2. The molecule has 0 radical (unpaired) electrons. The molecule has 0 saturated carbocycles. The van der Waals surface area contributed by atoms with E-state index >= 15 is 0 Å². The van der Waals surface area contributed by atoms with Crippen LogP contribution in [0.25, 0.3) is 0 Å². The van der Waals surface area contributed by atoms with Crippen LogP contribution in [-0.2, 0) is 6.42 Å². The molecule has 2 rings (SSSR count). The molecular weight excluding hydrogens is 270 g/mol. The van der Waals surface area contributed by atoms with Gasteiger partial charge in [-0.15, -0.1) is 0 Å². The summed E-state index contributed by atoms with van der Waals surface area (Å²) in [5.41, 5.74) is 0.726. The van der Waals surface area contributed by atoms with E-state index in [4.69, 9.17) is 9.47 Å². The molecule has 1 heterocycles. The van der Waals surface area contributed by atoms with Crippen molar-refractivity contribution in [2.75, 3.05) is 14.2 Å². The van der Waals surface area contributed by atoms with Crippen molar-refractivity contribution in [2.45, 2.75) is 32.4 Å². The van der Waals surface area contributed by atoms with E-state index in [1.54, 1.807) is 37.1 Å². The fourth-order valence-corrected chi connectivity index (χ4v) is 2.16. The second-order valence-corrected chi connectivity index (χ2v) is 5.08. The molecule has 0 aliphatic heterocycles. The van der Waals surface area contributed by atoms with Crippen LogP contribution in [0.3, 0.4) is 0 Å². The molecule has 21 heavy (non-hydrogen) atoms. The van der Waals surface area contributed by atoms with E-state index in [1.807, 2.05) is 13.8 Å². The number of aliphatic hydroxyl groups is 1. The van der Waals surface area contributed by atoms with E-state index in [1.165, 1.54) is 6.33 Å². The van der Waals surface area contributed by atoms with E-state index in [0.29, 0.717) is 17.9 Å². The summed E-state index contributed by atoms with van der Waals surface area (Å²) in [5.74, 6) is 2.04. The Hall–Kier alpha value is -2.08. The van der Waals surface area contributed by atoms with Gasteiger partial charge in [0.15, 0.2) is 0 Å². The SMILES string of the molecule is COc1cc(OC)cc(C(O)Cc2ncnn2C(C)C)c1. The summed E-state index contributed by atoms with van der Waals surface area (Å²) < 4.78 is 12.2. The summed E-state index contributed by atoms with van der Waals surface area (Å²) in [6, 6.07) is 5.56. The van der Waals surface area contributed by atoms with Gasteiger partial charge in [0.1, 0.15) is 23.7 Å². The highest BCUT2D eigenvalue weighted by Crippen LogP contribution is 2.28. The number of hydrogen-bond acceptors (Lipinski definition) is 5. The molecule has 0 fully saturated rings. The van der Waals surface area contributed by atoms with Crippen LogP contribution in [0.5, 0.6) is 11.5 Å². The first-order chi connectivity index (χ1) is 10.0. The minimum absolute atomic E-state index is 0.203. The van der Waals surface area contributed by atoms with Gasteiger partial charge < -0.3 is 14.6 Å². The molecule has 0 spiro atoms. The Kier molecular flexibility index (Phi) is 4.80. The van der Waals surface area contributed by atoms with Gasteiger partial charge in [0.25, 0.3) is 0 Å². The highest BCUT2D eigenvalue weighted by molar-refractivity contribution is 5.39. The van der Waals surface area contributed by atoms with Crippen molar-refractivity contribution in [2.24, 2.45) is 0 Å². The zero-order valence-corrected chi connectivity index (χ0v) is 12.8. The smallest absolute Gasteiger partial charge is 0.138 e. The fraction of sp³-hybridized carbons (Fsp3) is 0.467. The van der Waals surface area contributed by atoms with E-state index in [9.17, 15) is 5.11 Å². The second-order valence-electron chi connectivity index (χ2n) is 5.08. The molecule has 1 N–H and O–H groups in total. The third-order valence-electron chi connectivity index (χ3n) is 3.27. The van der Waals surface area contributed by atoms with E-state index in [0.717, 1.165) is 11.4 Å². The Morgan fingerprint density at radius 3 is 2.29 bits per heavy atom. The summed E-state index contributed by atoms with van der Waals surface area (Å²) in [4.78, 5) is 4.22. The van der Waals surface area contributed by atoms with Gasteiger partial charge in [0.05, 0.1) is 20.3 Å². The van der Waals surface area contributed by atoms with Crippen LogP contribution >= 0.6 is 0 Å². The van der Waals surface area contributed by atoms with Gasteiger partial charge >= 0.3 is 0 Å². The van der Waals surface area contributed by atoms with Crippen LogP contribution in [0.4, 0.5) is 0 Å². The molecule has 6 heteroatoms. The van der Waals surface area contributed by atoms with Gasteiger partial charge in [-0.3, -0.25) is 0 Å². The summed E-state index contributed by atoms with van der Waals surface area (Å²) in [7, 11) is 3.17. The van der Waals surface area contributed by atoms with Gasteiger partial charge in [-0.25, -0.2) is 9.67 Å². The summed E-state index contributed by atoms with van der Waals surface area (Å²) >= 11 is 0. The van der Waals surface area contributed by atoms with Gasteiger partial charge in [-0.05, 0) is 31.5 Å². The predicted octanol–water partition coefficient (Wildman–Crippen LogP) is 2.15. The van der Waals surface area contributed by atoms with Crippen LogP contribution in [0.2, 0.25) is 0 Å². The second kappa shape index (κ2) is 6.58. The van der Waals surface area contributed by atoms with Gasteiger partial charge in [-0.2, -0.15) is 5.10 Å². The first-order valence-corrected chi connectivity index (χ1v) is 6.84. The molecule has 0 aliphatic rings. The molecule has 0 saturated heterocycles. The molecule has 1 atom stereocenters. The van der Waals surface area contributed by atoms with E-state index in [-0.39, 0.29) is 6.04 Å². The van der Waals surface area contributed by atoms with Crippen molar-refractivity contribution < 1.29 is 14.6 Å². The number of nitrogens with zero attached hydrogens (tertiary/aromatic N) is 3. The van der Waals surface area contributed by atoms with Crippen molar-refractivity contribution in [3.63, 3.8) is 0 Å². The van der Waals surface area contributed by atoms with Gasteiger partial charge in [0, 0.05) is 18.5 Å². The van der Waals surface area contributed by atoms with Crippen LogP contribution in [0, 0.1) is 0 Å². The average Bonchev–Trinajstić information content (AvgIpc) is 2.94. The van der Waals surface area contributed by atoms with Crippen LogP contribution in [0.1, 0.15) is 37.4 Å². The molecule has 2 aromatic rings. The average molecular weight is 291 g/mol. The number of aliphatic hydroxyl groups excluding tert-OH is 1. The Labute approximate surface area is 124 Å². The Morgan fingerprint density at radius 1 is 1.14 bits per heavy atom. The molecule has 1 aromatic carbocycles. The Morgan fingerprint density at radius 2 is 1.76 bits per heavy atom. The molecule has 6 nitrogen and oxygen atoms in total. The van der Waals surface area contributed by atoms with Gasteiger partial charge in [-0.1, -0.05) is 0 Å². The summed E-state index contributed by atoms with van der Waals surface area (Å²) in [5, 5.41) is 14.6. The first-order valence-electron chi connectivity index (χ1n) is 6.84. The van der Waals surface area contributed by atoms with E-state index in [2.05, 4.69) is 10.1 Å². The maximum Gasteiger partial charge on any atom is 0.138 e. The topological polar surface area (TPSA) is 69.4 Å². The predicted molar refractivity (Wildman–Crippen MR) is 78.6 cm³/mol. The number of hydrogen-bond donors (Lipinski definition) is 1. The summed E-state index contributed by atoms with van der Waals surface area (Å²) in [6.45, 7) is 4.05. The summed E-state index contributed by atoms with van der Waals surface area (Å²) in [6.07, 6.45) is 1.19. The molecular formula is C15H21N3O3. The lowest BCUT2D eigenvalue weighted by Gasteiger charge is -2.15. The maximum atomic E-state index is 10.4. The van der Waals surface area contributed by atoms with Crippen LogP contribution < -0.4 is 9.47 Å². The van der Waals surface area contributed by atoms with Crippen molar-refractivity contribution in [1.82, 2.24) is 14.8 Å². The van der Waals surface area contributed by atoms with Gasteiger partial charge in [0.2, 0.25) is 0 Å². The zero-order valence-electron chi connectivity index (χ0n) is 12.8. The van der Waals surface area contributed by atoms with Crippen LogP contribution in [-0.4, -0.2) is 34.1 Å². The number of methoxy groups -OCH3 is 2. The maximum absolute atomic E-state index is 10.4. The standard InChI is InChI=1S/C15H21N3O3/c1-10(2)18-15(16-9-17-18)8-14(19)11-5-12(20-3)7-13(6-11)21-4/h5-7,9-10,14,19H,8H2,1-4H3. The lowest BCUT2D eigenvalue weighted by Crippen LogP contribution is -2.12. The lowest BCUT2D eigenvalue weighted by molar-refractivity contribution is 0.172. The third kappa shape index (κ3) is 3.52. The molecule has 0 bridgehead atoms. The quantitative estimate of drug-likeness (QED) is 0.883. The molecule has 1 unspecified atom stereocenters. The molecule has 114 valence electrons. The third-order valence-corrected chi connectivity index (χ3v) is 3.27. The first kappa shape index (κ1) is 15.3. The minimum atomic E-state index is -0.698. The lowest BCUT2D eigenvalue weighted by atomic mass is 10.1. The van der Waals surface area contributed by atoms with Crippen LogP contribution in [0.15, 0.2) is 24.5 Å². The van der Waals surface area contributed by atoms with Crippen molar-refractivity contribution >= 4 is 0 Å². The highest BCUT2D eigenvalue weighted by Gasteiger charge is 2.16. The Balaban J connectivity index is 2.23. The molecule has 0 aliphatic carbocycles. The molecule has 1 aromatic heterocycles. The van der Waals surface area contributed by atoms with E-state index < -0.39 is 6.10 Å². The number of benzene rings is 1. The normalized spacial score (nSPS) is 12.5. The Bertz CT molecular complexity index is 573. The van der Waals surface area contributed by atoms with Crippen molar-refractivity contribution in [3.05, 3.63) is 35.9 Å². The monoisotopic (exact) mass is 291 g/mol. The number of aromatic nitrogens is 3. The van der Waals surface area contributed by atoms with Crippen molar-refractivity contribution in [1.29, 1.82) is 0 Å². The fourth-order valence-electron chi connectivity index (χ4n) is 2.16. The zero-order chi connectivity index (χ0) is 15.4. The van der Waals surface area contributed by atoms with Crippen molar-refractivity contribution in [3.8, 4) is 11.5 Å². The largest absolute Gasteiger partial charge is 0.497 e. The highest BCUT2D eigenvalue weighted by atomic mass is 16.5. The molecule has 0 amide bonds. The number of rotatable bonds is 6. The minimum Gasteiger partial charge on any atom is -0.497 e.